The zero-order valence-corrected chi connectivity index (χ0v) is 18.7. The summed E-state index contributed by atoms with van der Waals surface area (Å²) in [4.78, 5) is 55.7. The highest BCUT2D eigenvalue weighted by Gasteiger charge is 2.53. The minimum atomic E-state index is -0.731. The van der Waals surface area contributed by atoms with Crippen molar-refractivity contribution in [3.63, 3.8) is 0 Å². The van der Waals surface area contributed by atoms with Gasteiger partial charge in [-0.25, -0.2) is 9.69 Å². The maximum absolute atomic E-state index is 13.2. The van der Waals surface area contributed by atoms with E-state index < -0.39 is 18.1 Å². The number of piperidine rings is 1. The molecule has 4 heterocycles. The Kier molecular flexibility index (Phi) is 5.38. The molecule has 8 nitrogen and oxygen atoms in total. The number of carbonyl (C=O) groups excluding carboxylic acids is 4. The number of fused-ring (bicyclic) bond motifs is 1. The molecule has 0 spiro atoms. The van der Waals surface area contributed by atoms with Gasteiger partial charge in [0.2, 0.25) is 5.91 Å². The quantitative estimate of drug-likeness (QED) is 0.691. The second-order valence-corrected chi connectivity index (χ2v) is 9.80. The van der Waals surface area contributed by atoms with Crippen LogP contribution in [0.2, 0.25) is 4.34 Å². The van der Waals surface area contributed by atoms with Crippen molar-refractivity contribution >= 4 is 58.1 Å². The summed E-state index contributed by atoms with van der Waals surface area (Å²) in [5.74, 6) is -0.574. The van der Waals surface area contributed by atoms with Crippen molar-refractivity contribution in [1.29, 1.82) is 0 Å². The summed E-state index contributed by atoms with van der Waals surface area (Å²) in [5, 5.41) is 2.89. The minimum absolute atomic E-state index is 0.0866. The lowest BCUT2D eigenvalue weighted by Crippen LogP contribution is -2.46. The van der Waals surface area contributed by atoms with Gasteiger partial charge in [-0.2, -0.15) is 0 Å². The van der Waals surface area contributed by atoms with Crippen molar-refractivity contribution < 1.29 is 19.2 Å². The topological polar surface area (TPSA) is 90.0 Å². The normalized spacial score (nSPS) is 23.2. The molecule has 5 amide bonds. The lowest BCUT2D eigenvalue weighted by atomic mass is 10.1. The number of urea groups is 1. The van der Waals surface area contributed by atoms with E-state index in [9.17, 15) is 19.2 Å². The number of thiophene rings is 1. The van der Waals surface area contributed by atoms with E-state index >= 15 is 0 Å². The van der Waals surface area contributed by atoms with Gasteiger partial charge < -0.3 is 15.1 Å². The molecule has 10 heteroatoms. The number of rotatable bonds is 4. The monoisotopic (exact) mass is 472 g/mol. The van der Waals surface area contributed by atoms with Gasteiger partial charge >= 0.3 is 6.03 Å². The first kappa shape index (κ1) is 21.0. The van der Waals surface area contributed by atoms with Crippen LogP contribution in [0.25, 0.3) is 0 Å². The first-order valence-corrected chi connectivity index (χ1v) is 11.7. The van der Waals surface area contributed by atoms with E-state index in [4.69, 9.17) is 11.6 Å². The van der Waals surface area contributed by atoms with Crippen LogP contribution in [0.1, 0.15) is 35.4 Å². The Hall–Kier alpha value is -2.91. The molecule has 1 N–H and O–H groups in total. The van der Waals surface area contributed by atoms with Crippen LogP contribution in [0.5, 0.6) is 0 Å². The highest BCUT2D eigenvalue weighted by Crippen LogP contribution is 2.33. The summed E-state index contributed by atoms with van der Waals surface area (Å²) in [6.45, 7) is 1.06. The van der Waals surface area contributed by atoms with E-state index in [1.54, 1.807) is 41.3 Å². The van der Waals surface area contributed by atoms with Crippen LogP contribution < -0.4 is 15.1 Å². The fourth-order valence-corrected chi connectivity index (χ4v) is 5.54. The lowest BCUT2D eigenvalue weighted by Gasteiger charge is -2.27. The van der Waals surface area contributed by atoms with Crippen LogP contribution in [0.15, 0.2) is 36.4 Å². The van der Waals surface area contributed by atoms with Crippen molar-refractivity contribution in [1.82, 2.24) is 10.2 Å². The van der Waals surface area contributed by atoms with E-state index in [0.717, 1.165) is 23.4 Å². The van der Waals surface area contributed by atoms with Gasteiger partial charge in [-0.15, -0.1) is 11.3 Å². The van der Waals surface area contributed by atoms with Crippen LogP contribution in [-0.4, -0.2) is 53.8 Å². The molecule has 2 atom stereocenters. The van der Waals surface area contributed by atoms with Gasteiger partial charge in [0.15, 0.2) is 0 Å². The number of amides is 5. The maximum Gasteiger partial charge on any atom is 0.332 e. The highest BCUT2D eigenvalue weighted by molar-refractivity contribution is 7.18. The molecule has 3 fully saturated rings. The Labute approximate surface area is 193 Å². The molecule has 1 aromatic heterocycles. The molecular formula is C22H21ClN4O4S. The van der Waals surface area contributed by atoms with E-state index in [0.29, 0.717) is 40.8 Å². The van der Waals surface area contributed by atoms with E-state index in [2.05, 4.69) is 5.32 Å². The second-order valence-electron chi connectivity index (χ2n) is 8.09. The van der Waals surface area contributed by atoms with Crippen molar-refractivity contribution in [2.24, 2.45) is 0 Å². The van der Waals surface area contributed by atoms with Gasteiger partial charge in [-0.3, -0.25) is 14.4 Å². The number of imide groups is 1. The first-order chi connectivity index (χ1) is 15.4. The Morgan fingerprint density at radius 1 is 1.00 bits per heavy atom. The van der Waals surface area contributed by atoms with E-state index in [1.807, 2.05) is 0 Å². The Bertz CT molecular complexity index is 1100. The summed E-state index contributed by atoms with van der Waals surface area (Å²) in [6.07, 6.45) is 2.90. The van der Waals surface area contributed by atoms with Gasteiger partial charge in [0.25, 0.3) is 11.8 Å². The predicted octanol–water partition coefficient (Wildman–Crippen LogP) is 3.26. The van der Waals surface area contributed by atoms with Crippen molar-refractivity contribution in [3.05, 3.63) is 45.6 Å². The van der Waals surface area contributed by atoms with Gasteiger partial charge in [0, 0.05) is 25.2 Å². The standard InChI is InChI=1S/C22H21ClN4O4S/c23-17-9-8-16(32-17)20(29)24-15-10-12-26-19(15)21(30)27(22(26)31)14-6-4-13(5-7-14)25-11-2-1-3-18(25)28/h4-9,15,19H,1-3,10-12H2,(H,24,29)/t15-,19+/m1/s1. The van der Waals surface area contributed by atoms with E-state index in [-0.39, 0.29) is 17.7 Å². The first-order valence-electron chi connectivity index (χ1n) is 10.6. The summed E-state index contributed by atoms with van der Waals surface area (Å²) in [6, 6.07) is 8.61. The van der Waals surface area contributed by atoms with E-state index in [1.165, 1.54) is 16.2 Å². The minimum Gasteiger partial charge on any atom is -0.346 e. The highest BCUT2D eigenvalue weighted by atomic mass is 35.5. The SMILES string of the molecule is O=C(N[C@@H]1CCN2C(=O)N(c3ccc(N4CCCCC4=O)cc3)C(=O)[C@H]12)c1ccc(Cl)s1. The van der Waals surface area contributed by atoms with Gasteiger partial charge in [0.1, 0.15) is 6.04 Å². The molecule has 0 unspecified atom stereocenters. The summed E-state index contributed by atoms with van der Waals surface area (Å²) < 4.78 is 0.510. The third kappa shape index (κ3) is 3.55. The third-order valence-electron chi connectivity index (χ3n) is 6.16. The van der Waals surface area contributed by atoms with Crippen molar-refractivity contribution in [3.8, 4) is 0 Å². The molecule has 0 aliphatic carbocycles. The molecule has 3 saturated heterocycles. The van der Waals surface area contributed by atoms with Crippen LogP contribution >= 0.6 is 22.9 Å². The van der Waals surface area contributed by atoms with Crippen LogP contribution in [0.3, 0.4) is 0 Å². The predicted molar refractivity (Wildman–Crippen MR) is 121 cm³/mol. The Morgan fingerprint density at radius 3 is 2.44 bits per heavy atom. The number of anilines is 2. The average Bonchev–Trinajstić information content (AvgIpc) is 3.46. The largest absolute Gasteiger partial charge is 0.346 e. The van der Waals surface area contributed by atoms with Crippen molar-refractivity contribution in [2.75, 3.05) is 22.9 Å². The molecular weight excluding hydrogens is 452 g/mol. The maximum atomic E-state index is 13.2. The number of hydrogen-bond donors (Lipinski definition) is 1. The number of hydrogen-bond acceptors (Lipinski definition) is 5. The van der Waals surface area contributed by atoms with Gasteiger partial charge in [-0.1, -0.05) is 11.6 Å². The molecule has 0 bridgehead atoms. The molecule has 1 aromatic carbocycles. The molecule has 3 aliphatic rings. The fourth-order valence-electron chi connectivity index (χ4n) is 4.59. The molecule has 0 saturated carbocycles. The smallest absolute Gasteiger partial charge is 0.332 e. The summed E-state index contributed by atoms with van der Waals surface area (Å²) in [7, 11) is 0. The van der Waals surface area contributed by atoms with Gasteiger partial charge in [-0.05, 0) is 55.7 Å². The van der Waals surface area contributed by atoms with Crippen LogP contribution in [0, 0.1) is 0 Å². The third-order valence-corrected chi connectivity index (χ3v) is 7.39. The zero-order valence-electron chi connectivity index (χ0n) is 17.1. The van der Waals surface area contributed by atoms with Gasteiger partial charge in [0.05, 0.1) is 20.9 Å². The Balaban J connectivity index is 1.32. The summed E-state index contributed by atoms with van der Waals surface area (Å²) >= 11 is 7.08. The number of benzene rings is 1. The number of nitrogens with zero attached hydrogens (tertiary/aromatic N) is 3. The molecule has 5 rings (SSSR count). The molecule has 166 valence electrons. The second kappa shape index (κ2) is 8.22. The number of carbonyl (C=O) groups is 4. The molecule has 3 aliphatic heterocycles. The lowest BCUT2D eigenvalue weighted by molar-refractivity contribution is -0.120. The number of halogens is 1. The molecule has 2 aromatic rings. The Morgan fingerprint density at radius 2 is 1.75 bits per heavy atom. The van der Waals surface area contributed by atoms with Crippen molar-refractivity contribution in [2.45, 2.75) is 37.8 Å². The van der Waals surface area contributed by atoms with Crippen LogP contribution in [-0.2, 0) is 9.59 Å². The molecule has 32 heavy (non-hydrogen) atoms. The fraction of sp³-hybridized carbons (Fsp3) is 0.364. The molecule has 0 radical (unpaired) electrons. The summed E-state index contributed by atoms with van der Waals surface area (Å²) in [5.41, 5.74) is 1.22. The number of nitrogens with one attached hydrogen (secondary N) is 1. The van der Waals surface area contributed by atoms with Crippen LogP contribution in [0.4, 0.5) is 16.2 Å². The average molecular weight is 473 g/mol. The zero-order chi connectivity index (χ0) is 22.4.